The summed E-state index contributed by atoms with van der Waals surface area (Å²) in [5.74, 6) is -0.714. The quantitative estimate of drug-likeness (QED) is 0.389. The van der Waals surface area contributed by atoms with Gasteiger partial charge in [0.25, 0.3) is 11.8 Å². The third-order valence-corrected chi connectivity index (χ3v) is 7.53. The zero-order valence-electron chi connectivity index (χ0n) is 24.3. The summed E-state index contributed by atoms with van der Waals surface area (Å²) in [4.78, 5) is 47.7. The molecular formula is C33H36N4O4. The van der Waals surface area contributed by atoms with Crippen molar-refractivity contribution in [3.63, 3.8) is 0 Å². The van der Waals surface area contributed by atoms with Crippen LogP contribution in [0.5, 0.6) is 0 Å². The van der Waals surface area contributed by atoms with Crippen LogP contribution >= 0.6 is 0 Å². The van der Waals surface area contributed by atoms with Crippen molar-refractivity contribution in [1.82, 2.24) is 15.3 Å². The van der Waals surface area contributed by atoms with Crippen LogP contribution in [0.1, 0.15) is 61.7 Å². The summed E-state index contributed by atoms with van der Waals surface area (Å²) in [6.45, 7) is 15.3. The van der Waals surface area contributed by atoms with E-state index in [9.17, 15) is 14.4 Å². The number of H-pyrrole nitrogens is 2. The SMILES string of the molecule is C=CC1=C(C)C(/C=c2/cc(CCC)/c(=C/c3[nH]c(/C=C4\NC(=O)C(C)=C4C=C)c(C)c3CCC(=O)OC)[nH]2)=NC1=O. The van der Waals surface area contributed by atoms with E-state index in [-0.39, 0.29) is 24.2 Å². The van der Waals surface area contributed by atoms with Gasteiger partial charge in [-0.3, -0.25) is 14.4 Å². The number of esters is 1. The summed E-state index contributed by atoms with van der Waals surface area (Å²) in [6, 6.07) is 2.08. The minimum absolute atomic E-state index is 0.147. The van der Waals surface area contributed by atoms with E-state index in [1.165, 1.54) is 7.11 Å². The number of amides is 2. The van der Waals surface area contributed by atoms with Gasteiger partial charge in [-0.2, -0.15) is 0 Å². The third kappa shape index (κ3) is 5.91. The number of allylic oxidation sites excluding steroid dienone is 2. The molecule has 0 fully saturated rings. The molecule has 41 heavy (non-hydrogen) atoms. The van der Waals surface area contributed by atoms with E-state index in [0.717, 1.165) is 62.8 Å². The molecule has 2 aliphatic heterocycles. The van der Waals surface area contributed by atoms with Crippen molar-refractivity contribution in [2.24, 2.45) is 4.99 Å². The predicted octanol–water partition coefficient (Wildman–Crippen LogP) is 3.78. The molecule has 2 aromatic rings. The van der Waals surface area contributed by atoms with Gasteiger partial charge in [0.2, 0.25) is 0 Å². The number of carbonyl (C=O) groups is 3. The standard InChI is InChI=1S/C33H36N4O4/c1-8-11-21-14-22(15-26-18(4)24(10-3)33(40)36-26)34-28(21)17-30-25(12-13-31(38)41-7)19(5)27(35-30)16-29-23(9-2)20(6)32(39)37-29/h9-10,14-17,34-35H,2-3,8,11-13H2,1,4-7H3,(H,37,39)/b22-15-,28-17-,29-16-. The second-order valence-corrected chi connectivity index (χ2v) is 10.1. The lowest BCUT2D eigenvalue weighted by Gasteiger charge is -2.03. The van der Waals surface area contributed by atoms with Gasteiger partial charge in [0.1, 0.15) is 0 Å². The lowest BCUT2D eigenvalue weighted by Crippen LogP contribution is -2.15. The molecule has 0 aliphatic carbocycles. The van der Waals surface area contributed by atoms with E-state index in [1.54, 1.807) is 19.1 Å². The van der Waals surface area contributed by atoms with Crippen molar-refractivity contribution in [3.05, 3.63) is 98.1 Å². The zero-order valence-corrected chi connectivity index (χ0v) is 24.3. The normalized spacial score (nSPS) is 17.2. The Kier molecular flexibility index (Phi) is 8.71. The van der Waals surface area contributed by atoms with Crippen LogP contribution in [0.2, 0.25) is 0 Å². The van der Waals surface area contributed by atoms with Gasteiger partial charge < -0.3 is 20.0 Å². The average molecular weight is 553 g/mol. The molecule has 2 aliphatic rings. The first-order valence-corrected chi connectivity index (χ1v) is 13.6. The van der Waals surface area contributed by atoms with Crippen LogP contribution in [0.3, 0.4) is 0 Å². The highest BCUT2D eigenvalue weighted by atomic mass is 16.5. The van der Waals surface area contributed by atoms with Gasteiger partial charge in [-0.25, -0.2) is 4.99 Å². The maximum Gasteiger partial charge on any atom is 0.305 e. The molecule has 8 nitrogen and oxygen atoms in total. The Hall–Kier alpha value is -4.72. The molecule has 0 spiro atoms. The van der Waals surface area contributed by atoms with E-state index in [1.807, 2.05) is 32.1 Å². The number of carbonyl (C=O) groups excluding carboxylic acids is 3. The molecular weight excluding hydrogens is 516 g/mol. The third-order valence-electron chi connectivity index (χ3n) is 7.53. The van der Waals surface area contributed by atoms with Crippen LogP contribution in [-0.2, 0) is 32.0 Å². The molecule has 0 unspecified atom stereocenters. The van der Waals surface area contributed by atoms with Gasteiger partial charge in [0.15, 0.2) is 0 Å². The first-order valence-electron chi connectivity index (χ1n) is 13.6. The van der Waals surface area contributed by atoms with Crippen molar-refractivity contribution in [2.75, 3.05) is 7.11 Å². The van der Waals surface area contributed by atoms with E-state index in [4.69, 9.17) is 4.74 Å². The number of methoxy groups -OCH3 is 1. The average Bonchev–Trinajstić information content (AvgIpc) is 3.62. The van der Waals surface area contributed by atoms with Crippen LogP contribution in [-0.4, -0.2) is 40.6 Å². The molecule has 0 bridgehead atoms. The molecule has 0 aromatic carbocycles. The number of hydrogen-bond donors (Lipinski definition) is 3. The number of aromatic nitrogens is 2. The predicted molar refractivity (Wildman–Crippen MR) is 162 cm³/mol. The van der Waals surface area contributed by atoms with Gasteiger partial charge in [-0.1, -0.05) is 38.7 Å². The summed E-state index contributed by atoms with van der Waals surface area (Å²) >= 11 is 0. The fourth-order valence-electron chi connectivity index (χ4n) is 5.17. The molecule has 3 N–H and O–H groups in total. The minimum atomic E-state index is -0.287. The van der Waals surface area contributed by atoms with Gasteiger partial charge in [-0.15, -0.1) is 0 Å². The first-order chi connectivity index (χ1) is 19.6. The van der Waals surface area contributed by atoms with Crippen LogP contribution in [0.25, 0.3) is 18.2 Å². The number of rotatable bonds is 10. The maximum atomic E-state index is 12.3. The topological polar surface area (TPSA) is 116 Å². The molecule has 0 saturated heterocycles. The van der Waals surface area contributed by atoms with Crippen molar-refractivity contribution < 1.29 is 19.1 Å². The highest BCUT2D eigenvalue weighted by Gasteiger charge is 2.23. The molecule has 0 atom stereocenters. The Morgan fingerprint density at radius 3 is 2.34 bits per heavy atom. The lowest BCUT2D eigenvalue weighted by molar-refractivity contribution is -0.140. The Bertz CT molecular complexity index is 1720. The smallest absolute Gasteiger partial charge is 0.305 e. The summed E-state index contributed by atoms with van der Waals surface area (Å²) < 4.78 is 4.89. The van der Waals surface area contributed by atoms with E-state index in [2.05, 4.69) is 46.4 Å². The van der Waals surface area contributed by atoms with Gasteiger partial charge >= 0.3 is 5.97 Å². The first kappa shape index (κ1) is 29.3. The second-order valence-electron chi connectivity index (χ2n) is 10.1. The van der Waals surface area contributed by atoms with Crippen molar-refractivity contribution in [1.29, 1.82) is 0 Å². The fraction of sp³-hybridized carbons (Fsp3) is 0.273. The van der Waals surface area contributed by atoms with Gasteiger partial charge in [0.05, 0.1) is 18.5 Å². The van der Waals surface area contributed by atoms with Crippen LogP contribution in [0.15, 0.2) is 64.4 Å². The molecule has 2 aromatic heterocycles. The largest absolute Gasteiger partial charge is 0.469 e. The summed E-state index contributed by atoms with van der Waals surface area (Å²) in [5.41, 5.74) is 8.74. The van der Waals surface area contributed by atoms with Crippen molar-refractivity contribution in [2.45, 2.75) is 53.4 Å². The summed E-state index contributed by atoms with van der Waals surface area (Å²) in [7, 11) is 1.38. The Morgan fingerprint density at radius 1 is 0.976 bits per heavy atom. The zero-order chi connectivity index (χ0) is 29.8. The molecule has 0 radical (unpaired) electrons. The lowest BCUT2D eigenvalue weighted by atomic mass is 10.0. The Labute approximate surface area is 239 Å². The van der Waals surface area contributed by atoms with E-state index < -0.39 is 0 Å². The molecule has 0 saturated carbocycles. The Balaban J connectivity index is 1.85. The fourth-order valence-corrected chi connectivity index (χ4v) is 5.17. The van der Waals surface area contributed by atoms with Crippen molar-refractivity contribution in [3.8, 4) is 0 Å². The minimum Gasteiger partial charge on any atom is -0.469 e. The molecule has 4 rings (SSSR count). The summed E-state index contributed by atoms with van der Waals surface area (Å²) in [6.07, 6.45) is 11.6. The number of ether oxygens (including phenoxy) is 1. The van der Waals surface area contributed by atoms with Crippen LogP contribution < -0.4 is 16.0 Å². The van der Waals surface area contributed by atoms with Gasteiger partial charge in [0, 0.05) is 45.2 Å². The number of aryl methyl sites for hydroxylation is 1. The monoisotopic (exact) mass is 552 g/mol. The van der Waals surface area contributed by atoms with Crippen LogP contribution in [0, 0.1) is 6.92 Å². The van der Waals surface area contributed by atoms with E-state index in [0.29, 0.717) is 29.0 Å². The number of nitrogens with zero attached hydrogens (tertiary/aromatic N) is 1. The molecule has 2 amide bonds. The Morgan fingerprint density at radius 2 is 1.71 bits per heavy atom. The maximum absolute atomic E-state index is 12.3. The van der Waals surface area contributed by atoms with Gasteiger partial charge in [-0.05, 0) is 80.2 Å². The summed E-state index contributed by atoms with van der Waals surface area (Å²) in [5, 5.41) is 4.67. The molecule has 212 valence electrons. The number of hydrogen-bond acceptors (Lipinski definition) is 4. The van der Waals surface area contributed by atoms with Crippen molar-refractivity contribution >= 4 is 41.7 Å². The van der Waals surface area contributed by atoms with Crippen LogP contribution in [0.4, 0.5) is 0 Å². The molecule has 4 heterocycles. The highest BCUT2D eigenvalue weighted by molar-refractivity contribution is 6.31. The van der Waals surface area contributed by atoms with E-state index >= 15 is 0 Å². The second kappa shape index (κ2) is 12.2. The molecule has 8 heteroatoms. The highest BCUT2D eigenvalue weighted by Crippen LogP contribution is 2.27. The number of nitrogens with one attached hydrogen (secondary N) is 3. The number of aliphatic imine (C=N–C) groups is 1. The number of aromatic amines is 2.